The van der Waals surface area contributed by atoms with Crippen LogP contribution in [0.5, 0.6) is 0 Å². The van der Waals surface area contributed by atoms with Gasteiger partial charge in [0.25, 0.3) is 5.92 Å². The smallest absolute Gasteiger partial charge is 0.266 e. The Morgan fingerprint density at radius 3 is 2.42 bits per heavy atom. The van der Waals surface area contributed by atoms with Gasteiger partial charge in [0.1, 0.15) is 5.82 Å². The molecule has 2 fully saturated rings. The molecule has 2 aromatic rings. The number of rotatable bonds is 3. The van der Waals surface area contributed by atoms with E-state index in [1.165, 1.54) is 0 Å². The molecule has 0 saturated carbocycles. The summed E-state index contributed by atoms with van der Waals surface area (Å²) in [5.41, 5.74) is 0.623. The molecule has 4 heterocycles. The molecule has 2 saturated heterocycles. The first-order valence-electron chi connectivity index (χ1n) is 8.89. The highest BCUT2D eigenvalue weighted by Gasteiger charge is 2.40. The Balaban J connectivity index is 1.78. The zero-order valence-electron chi connectivity index (χ0n) is 15.6. The zero-order chi connectivity index (χ0) is 18.7. The summed E-state index contributed by atoms with van der Waals surface area (Å²) in [4.78, 5) is 12.4. The molecule has 0 N–H and O–H groups in total. The number of ether oxygens (including phenoxy) is 1. The Morgan fingerprint density at radius 1 is 1.15 bits per heavy atom. The summed E-state index contributed by atoms with van der Waals surface area (Å²) in [6.07, 6.45) is -0.174. The lowest BCUT2D eigenvalue weighted by Gasteiger charge is -2.37. The molecule has 2 aromatic heterocycles. The molecule has 0 aliphatic carbocycles. The van der Waals surface area contributed by atoms with Gasteiger partial charge in [0.15, 0.2) is 11.3 Å². The first-order chi connectivity index (χ1) is 12.0. The maximum absolute atomic E-state index is 13.8. The minimum Gasteiger partial charge on any atom is -0.380 e. The van der Waals surface area contributed by atoms with Gasteiger partial charge < -0.3 is 9.64 Å². The molecule has 26 heavy (non-hydrogen) atoms. The van der Waals surface area contributed by atoms with Crippen LogP contribution in [0.25, 0.3) is 11.2 Å². The molecule has 9 heteroatoms. The van der Waals surface area contributed by atoms with Crippen molar-refractivity contribution in [2.24, 2.45) is 5.41 Å². The molecule has 7 nitrogen and oxygen atoms in total. The first kappa shape index (κ1) is 17.5. The third-order valence-corrected chi connectivity index (χ3v) is 4.84. The number of hydrogen-bond acceptors (Lipinski definition) is 6. The first-order valence-corrected chi connectivity index (χ1v) is 8.89. The number of alkyl halides is 2. The van der Waals surface area contributed by atoms with Gasteiger partial charge in [-0.2, -0.15) is 4.80 Å². The fourth-order valence-electron chi connectivity index (χ4n) is 3.26. The molecule has 0 spiro atoms. The van der Waals surface area contributed by atoms with Crippen LogP contribution in [0.1, 0.15) is 39.9 Å². The third kappa shape index (κ3) is 3.13. The molecule has 0 radical (unpaired) electrons. The summed E-state index contributed by atoms with van der Waals surface area (Å²) < 4.78 is 32.8. The number of nitrogens with zero attached hydrogens (tertiary/aromatic N) is 6. The van der Waals surface area contributed by atoms with E-state index >= 15 is 0 Å². The van der Waals surface area contributed by atoms with Gasteiger partial charge in [-0.1, -0.05) is 27.7 Å². The highest BCUT2D eigenvalue weighted by molar-refractivity contribution is 5.82. The summed E-state index contributed by atoms with van der Waals surface area (Å²) in [5, 5.41) is 9.04. The average molecular weight is 366 g/mol. The van der Waals surface area contributed by atoms with E-state index in [0.717, 1.165) is 0 Å². The highest BCUT2D eigenvalue weighted by atomic mass is 19.3. The lowest BCUT2D eigenvalue weighted by atomic mass is 9.89. The van der Waals surface area contributed by atoms with Crippen molar-refractivity contribution in [2.45, 2.75) is 52.0 Å². The van der Waals surface area contributed by atoms with Gasteiger partial charge in [-0.05, 0) is 0 Å². The summed E-state index contributed by atoms with van der Waals surface area (Å²) in [5.74, 6) is -1.66. The normalized spacial score (nSPS) is 22.0. The number of hydrogen-bond donors (Lipinski definition) is 0. The van der Waals surface area contributed by atoms with Crippen molar-refractivity contribution < 1.29 is 13.5 Å². The van der Waals surface area contributed by atoms with Crippen LogP contribution in [0, 0.1) is 5.41 Å². The van der Waals surface area contributed by atoms with Crippen LogP contribution in [0.15, 0.2) is 0 Å². The zero-order valence-corrected chi connectivity index (χ0v) is 15.6. The van der Waals surface area contributed by atoms with Crippen molar-refractivity contribution >= 4 is 17.0 Å². The van der Waals surface area contributed by atoms with Crippen LogP contribution in [0.4, 0.5) is 14.6 Å². The van der Waals surface area contributed by atoms with Gasteiger partial charge >= 0.3 is 0 Å². The fraction of sp³-hybridized carbons (Fsp3) is 0.765. The molecule has 142 valence electrons. The number of aromatic nitrogens is 5. The van der Waals surface area contributed by atoms with E-state index in [9.17, 15) is 8.78 Å². The van der Waals surface area contributed by atoms with Crippen LogP contribution in [0.3, 0.4) is 0 Å². The maximum atomic E-state index is 13.8. The molecule has 0 bridgehead atoms. The lowest BCUT2D eigenvalue weighted by Crippen LogP contribution is -2.43. The van der Waals surface area contributed by atoms with E-state index < -0.39 is 5.92 Å². The van der Waals surface area contributed by atoms with Crippen molar-refractivity contribution in [2.75, 3.05) is 31.2 Å². The molecule has 0 unspecified atom stereocenters. The van der Waals surface area contributed by atoms with E-state index in [-0.39, 0.29) is 30.3 Å². The Labute approximate surface area is 150 Å². The molecular formula is C17H24F2N6O. The van der Waals surface area contributed by atoms with Gasteiger partial charge in [0.2, 0.25) is 5.65 Å². The summed E-state index contributed by atoms with van der Waals surface area (Å²) >= 11 is 0. The summed E-state index contributed by atoms with van der Waals surface area (Å²) in [6.45, 7) is 9.92. The Kier molecular flexibility index (Phi) is 3.74. The second-order valence-electron chi connectivity index (χ2n) is 8.85. The highest BCUT2D eigenvalue weighted by Crippen LogP contribution is 2.34. The van der Waals surface area contributed by atoms with E-state index in [1.54, 1.807) is 9.70 Å². The van der Waals surface area contributed by atoms with Crippen LogP contribution < -0.4 is 4.90 Å². The molecule has 0 amide bonds. The standard InChI is InChI=1S/C17H24F2N6O/c1-15(2,3)14-20-12-11(13(21-14)24-6-5-17(18,19)8-24)22-25(23-12)7-16(4)9-26-10-16/h5-10H2,1-4H3. The molecule has 2 aliphatic heterocycles. The third-order valence-electron chi connectivity index (χ3n) is 4.84. The largest absolute Gasteiger partial charge is 0.380 e. The second-order valence-corrected chi connectivity index (χ2v) is 8.85. The van der Waals surface area contributed by atoms with Gasteiger partial charge in [-0.3, -0.25) is 0 Å². The van der Waals surface area contributed by atoms with E-state index in [4.69, 9.17) is 4.74 Å². The van der Waals surface area contributed by atoms with E-state index in [2.05, 4.69) is 27.1 Å². The van der Waals surface area contributed by atoms with E-state index in [0.29, 0.717) is 42.6 Å². The van der Waals surface area contributed by atoms with Gasteiger partial charge in [0.05, 0.1) is 26.3 Å². The van der Waals surface area contributed by atoms with Crippen LogP contribution in [0.2, 0.25) is 0 Å². The summed E-state index contributed by atoms with van der Waals surface area (Å²) in [6, 6.07) is 0. The predicted molar refractivity (Wildman–Crippen MR) is 92.5 cm³/mol. The van der Waals surface area contributed by atoms with Gasteiger partial charge in [0, 0.05) is 23.8 Å². The average Bonchev–Trinajstić information content (AvgIpc) is 3.05. The Bertz CT molecular complexity index is 840. The van der Waals surface area contributed by atoms with Crippen molar-refractivity contribution in [1.82, 2.24) is 25.0 Å². The Hall–Kier alpha value is -1.90. The lowest BCUT2D eigenvalue weighted by molar-refractivity contribution is -0.113. The molecule has 0 aromatic carbocycles. The molecule has 4 rings (SSSR count). The number of halogens is 2. The monoisotopic (exact) mass is 366 g/mol. The minimum atomic E-state index is -2.70. The fourth-order valence-corrected chi connectivity index (χ4v) is 3.26. The number of fused-ring (bicyclic) bond motifs is 1. The number of anilines is 1. The quantitative estimate of drug-likeness (QED) is 0.831. The van der Waals surface area contributed by atoms with E-state index in [1.807, 2.05) is 20.8 Å². The van der Waals surface area contributed by atoms with Crippen LogP contribution in [-0.2, 0) is 16.7 Å². The van der Waals surface area contributed by atoms with Gasteiger partial charge in [-0.15, -0.1) is 10.2 Å². The summed E-state index contributed by atoms with van der Waals surface area (Å²) in [7, 11) is 0. The van der Waals surface area contributed by atoms with Crippen molar-refractivity contribution in [3.63, 3.8) is 0 Å². The molecule has 2 aliphatic rings. The topological polar surface area (TPSA) is 69.0 Å². The second kappa shape index (κ2) is 5.55. The molecule has 0 atom stereocenters. The Morgan fingerprint density at radius 2 is 1.88 bits per heavy atom. The van der Waals surface area contributed by atoms with Crippen LogP contribution >= 0.6 is 0 Å². The van der Waals surface area contributed by atoms with Gasteiger partial charge in [-0.25, -0.2) is 18.7 Å². The minimum absolute atomic E-state index is 0.00380. The van der Waals surface area contributed by atoms with Crippen molar-refractivity contribution in [3.05, 3.63) is 5.82 Å². The van der Waals surface area contributed by atoms with Crippen molar-refractivity contribution in [3.8, 4) is 0 Å². The predicted octanol–water partition coefficient (Wildman–Crippen LogP) is 2.40. The van der Waals surface area contributed by atoms with Crippen molar-refractivity contribution in [1.29, 1.82) is 0 Å². The van der Waals surface area contributed by atoms with Crippen LogP contribution in [-0.4, -0.2) is 57.2 Å². The SMILES string of the molecule is CC1(Cn2nc3nc(C(C)(C)C)nc(N4CCC(F)(F)C4)c3n2)COC1. The maximum Gasteiger partial charge on any atom is 0.266 e. The molecular weight excluding hydrogens is 342 g/mol.